The molecule has 1 aromatic heterocycles. The van der Waals surface area contributed by atoms with Gasteiger partial charge in [-0.25, -0.2) is 0 Å². The van der Waals surface area contributed by atoms with E-state index in [1.54, 1.807) is 0 Å². The van der Waals surface area contributed by atoms with Gasteiger partial charge in [-0.15, -0.1) is 11.3 Å². The van der Waals surface area contributed by atoms with Gasteiger partial charge in [-0.1, -0.05) is 19.3 Å². The van der Waals surface area contributed by atoms with Gasteiger partial charge in [-0.3, -0.25) is 4.79 Å². The molecule has 2 aliphatic rings. The Balaban J connectivity index is 1.70. The van der Waals surface area contributed by atoms with Gasteiger partial charge in [0, 0.05) is 13.1 Å². The molecule has 2 unspecified atom stereocenters. The summed E-state index contributed by atoms with van der Waals surface area (Å²) in [4.78, 5) is 15.2. The number of hydrogen-bond donors (Lipinski definition) is 1. The van der Waals surface area contributed by atoms with Crippen LogP contribution in [0.5, 0.6) is 0 Å². The third-order valence-corrected chi connectivity index (χ3v) is 5.39. The molecular weight excluding hydrogens is 244 g/mol. The molecule has 4 heteroatoms. The van der Waals surface area contributed by atoms with Crippen LogP contribution in [0.4, 0.5) is 5.69 Å². The summed E-state index contributed by atoms with van der Waals surface area (Å²) in [5.74, 6) is 1.74. The van der Waals surface area contributed by atoms with Crippen molar-refractivity contribution in [3.63, 3.8) is 0 Å². The highest BCUT2D eigenvalue weighted by Gasteiger charge is 2.33. The van der Waals surface area contributed by atoms with Gasteiger partial charge < -0.3 is 10.6 Å². The fourth-order valence-electron chi connectivity index (χ4n) is 3.42. The fourth-order valence-corrected chi connectivity index (χ4v) is 4.21. The third-order valence-electron chi connectivity index (χ3n) is 4.47. The van der Waals surface area contributed by atoms with Crippen LogP contribution in [0.2, 0.25) is 0 Å². The largest absolute Gasteiger partial charge is 0.397 e. The zero-order valence-corrected chi connectivity index (χ0v) is 11.4. The van der Waals surface area contributed by atoms with E-state index in [0.717, 1.165) is 29.8 Å². The molecule has 1 aliphatic carbocycles. The summed E-state index contributed by atoms with van der Waals surface area (Å²) >= 11 is 1.46. The van der Waals surface area contributed by atoms with Crippen molar-refractivity contribution in [2.45, 2.75) is 32.1 Å². The number of nitrogens with zero attached hydrogens (tertiary/aromatic N) is 1. The lowest BCUT2D eigenvalue weighted by Gasteiger charge is -2.41. The fraction of sp³-hybridized carbons (Fsp3) is 0.643. The Morgan fingerprint density at radius 1 is 1.28 bits per heavy atom. The van der Waals surface area contributed by atoms with E-state index in [0.29, 0.717) is 5.69 Å². The van der Waals surface area contributed by atoms with Crippen molar-refractivity contribution in [2.24, 2.45) is 11.8 Å². The standard InChI is InChI=1S/C14H20N2OS/c15-12-6-8-18-13(12)14(17)16-7-5-10-3-1-2-4-11(10)9-16/h6,8,10-11H,1-5,7,9,15H2. The number of piperidine rings is 1. The van der Waals surface area contributed by atoms with E-state index in [1.165, 1.54) is 43.4 Å². The summed E-state index contributed by atoms with van der Waals surface area (Å²) in [6, 6.07) is 1.82. The quantitative estimate of drug-likeness (QED) is 0.847. The SMILES string of the molecule is Nc1ccsc1C(=O)N1CCC2CCCCC2C1. The molecule has 0 aromatic carbocycles. The molecule has 3 rings (SSSR count). The lowest BCUT2D eigenvalue weighted by molar-refractivity contribution is 0.0526. The number of carbonyl (C=O) groups excluding carboxylic acids is 1. The van der Waals surface area contributed by atoms with E-state index < -0.39 is 0 Å². The van der Waals surface area contributed by atoms with Gasteiger partial charge in [-0.2, -0.15) is 0 Å². The molecule has 3 nitrogen and oxygen atoms in total. The van der Waals surface area contributed by atoms with Gasteiger partial charge in [0.2, 0.25) is 0 Å². The molecule has 1 aromatic rings. The molecular formula is C14H20N2OS. The van der Waals surface area contributed by atoms with Crippen molar-refractivity contribution in [3.05, 3.63) is 16.3 Å². The molecule has 1 saturated heterocycles. The average molecular weight is 264 g/mol. The van der Waals surface area contributed by atoms with Crippen molar-refractivity contribution in [3.8, 4) is 0 Å². The molecule has 1 amide bonds. The molecule has 1 saturated carbocycles. The number of amides is 1. The number of thiophene rings is 1. The number of carbonyl (C=O) groups is 1. The predicted octanol–water partition coefficient (Wildman–Crippen LogP) is 2.98. The lowest BCUT2D eigenvalue weighted by atomic mass is 9.75. The average Bonchev–Trinajstić information content (AvgIpc) is 2.83. The molecule has 2 N–H and O–H groups in total. The van der Waals surface area contributed by atoms with E-state index >= 15 is 0 Å². The number of hydrogen-bond acceptors (Lipinski definition) is 3. The summed E-state index contributed by atoms with van der Waals surface area (Å²) in [5.41, 5.74) is 6.48. The normalized spacial score (nSPS) is 27.9. The second-order valence-corrected chi connectivity index (χ2v) is 6.47. The summed E-state index contributed by atoms with van der Waals surface area (Å²) < 4.78 is 0. The van der Waals surface area contributed by atoms with Crippen LogP contribution in [0.15, 0.2) is 11.4 Å². The van der Waals surface area contributed by atoms with Crippen molar-refractivity contribution in [1.29, 1.82) is 0 Å². The Hall–Kier alpha value is -1.03. The van der Waals surface area contributed by atoms with E-state index in [-0.39, 0.29) is 5.91 Å². The number of fused-ring (bicyclic) bond motifs is 1. The summed E-state index contributed by atoms with van der Waals surface area (Å²) in [5, 5.41) is 1.90. The maximum atomic E-state index is 12.4. The van der Waals surface area contributed by atoms with Gasteiger partial charge in [0.05, 0.1) is 5.69 Å². The van der Waals surface area contributed by atoms with Crippen LogP contribution < -0.4 is 5.73 Å². The highest BCUT2D eigenvalue weighted by molar-refractivity contribution is 7.12. The minimum Gasteiger partial charge on any atom is -0.397 e. The van der Waals surface area contributed by atoms with E-state index in [9.17, 15) is 4.79 Å². The van der Waals surface area contributed by atoms with Crippen LogP contribution in [-0.4, -0.2) is 23.9 Å². The second kappa shape index (κ2) is 4.92. The molecule has 1 aliphatic heterocycles. The second-order valence-electron chi connectivity index (χ2n) is 5.55. The maximum absolute atomic E-state index is 12.4. The van der Waals surface area contributed by atoms with E-state index in [4.69, 9.17) is 5.73 Å². The summed E-state index contributed by atoms with van der Waals surface area (Å²) in [6.45, 7) is 1.86. The van der Waals surface area contributed by atoms with Crippen LogP contribution in [0.25, 0.3) is 0 Å². The number of nitrogen functional groups attached to an aromatic ring is 1. The molecule has 2 fully saturated rings. The highest BCUT2D eigenvalue weighted by atomic mass is 32.1. The lowest BCUT2D eigenvalue weighted by Crippen LogP contribution is -2.44. The Morgan fingerprint density at radius 2 is 2.06 bits per heavy atom. The van der Waals surface area contributed by atoms with Crippen LogP contribution in [-0.2, 0) is 0 Å². The highest BCUT2D eigenvalue weighted by Crippen LogP contribution is 2.36. The Labute approximate surface area is 112 Å². The summed E-state index contributed by atoms with van der Waals surface area (Å²) in [7, 11) is 0. The van der Waals surface area contributed by atoms with Crippen LogP contribution >= 0.6 is 11.3 Å². The molecule has 98 valence electrons. The first-order valence-electron chi connectivity index (χ1n) is 6.88. The monoisotopic (exact) mass is 264 g/mol. The van der Waals surface area contributed by atoms with E-state index in [1.807, 2.05) is 16.3 Å². The first-order valence-corrected chi connectivity index (χ1v) is 7.76. The molecule has 0 radical (unpaired) electrons. The summed E-state index contributed by atoms with van der Waals surface area (Å²) in [6.07, 6.45) is 6.57. The Kier molecular flexibility index (Phi) is 3.29. The van der Waals surface area contributed by atoms with Crippen LogP contribution in [0.1, 0.15) is 41.8 Å². The number of nitrogens with two attached hydrogens (primary N) is 1. The minimum atomic E-state index is 0.145. The van der Waals surface area contributed by atoms with Crippen LogP contribution in [0, 0.1) is 11.8 Å². The first-order chi connectivity index (χ1) is 8.75. The predicted molar refractivity (Wildman–Crippen MR) is 74.7 cm³/mol. The molecule has 0 bridgehead atoms. The van der Waals surface area contributed by atoms with Crippen molar-refractivity contribution in [1.82, 2.24) is 4.90 Å². The van der Waals surface area contributed by atoms with Gasteiger partial charge in [0.1, 0.15) is 4.88 Å². The smallest absolute Gasteiger partial charge is 0.266 e. The Morgan fingerprint density at radius 3 is 2.78 bits per heavy atom. The maximum Gasteiger partial charge on any atom is 0.266 e. The topological polar surface area (TPSA) is 46.3 Å². The zero-order chi connectivity index (χ0) is 12.5. The number of rotatable bonds is 1. The van der Waals surface area contributed by atoms with Gasteiger partial charge >= 0.3 is 0 Å². The molecule has 2 heterocycles. The first kappa shape index (κ1) is 12.0. The molecule has 18 heavy (non-hydrogen) atoms. The number of likely N-dealkylation sites (tertiary alicyclic amines) is 1. The third kappa shape index (κ3) is 2.14. The van der Waals surface area contributed by atoms with Gasteiger partial charge in [0.25, 0.3) is 5.91 Å². The van der Waals surface area contributed by atoms with Gasteiger partial charge in [-0.05, 0) is 36.1 Å². The van der Waals surface area contributed by atoms with Gasteiger partial charge in [0.15, 0.2) is 0 Å². The Bertz CT molecular complexity index is 443. The zero-order valence-electron chi connectivity index (χ0n) is 10.6. The van der Waals surface area contributed by atoms with Crippen molar-refractivity contribution < 1.29 is 4.79 Å². The minimum absolute atomic E-state index is 0.145. The van der Waals surface area contributed by atoms with Crippen molar-refractivity contribution >= 4 is 22.9 Å². The van der Waals surface area contributed by atoms with E-state index in [2.05, 4.69) is 0 Å². The van der Waals surface area contributed by atoms with Crippen molar-refractivity contribution in [2.75, 3.05) is 18.8 Å². The molecule has 2 atom stereocenters. The number of anilines is 1. The molecule has 0 spiro atoms. The van der Waals surface area contributed by atoms with Crippen LogP contribution in [0.3, 0.4) is 0 Å².